The van der Waals surface area contributed by atoms with E-state index in [4.69, 9.17) is 9.15 Å². The summed E-state index contributed by atoms with van der Waals surface area (Å²) in [5, 5.41) is 9.57. The summed E-state index contributed by atoms with van der Waals surface area (Å²) in [6.07, 6.45) is 5.67. The molecule has 28 heavy (non-hydrogen) atoms. The fraction of sp³-hybridized carbons (Fsp3) is 0.333. The van der Waals surface area contributed by atoms with Gasteiger partial charge in [-0.1, -0.05) is 26.2 Å². The van der Waals surface area contributed by atoms with Gasteiger partial charge in [-0.2, -0.15) is 0 Å². The summed E-state index contributed by atoms with van der Waals surface area (Å²) in [5.74, 6) is -0.749. The maximum atomic E-state index is 13.0. The van der Waals surface area contributed by atoms with Crippen molar-refractivity contribution in [3.8, 4) is 5.75 Å². The molecule has 0 saturated carbocycles. The number of unbranched alkanes of at least 4 members (excludes halogenated alkanes) is 3. The van der Waals surface area contributed by atoms with E-state index in [1.807, 2.05) is 0 Å². The Balaban J connectivity index is 2.13. The third kappa shape index (κ3) is 4.15. The zero-order chi connectivity index (χ0) is 20.3. The maximum absolute atomic E-state index is 13.0. The molecule has 2 aromatic carbocycles. The summed E-state index contributed by atoms with van der Waals surface area (Å²) in [6, 6.07) is 7.31. The van der Waals surface area contributed by atoms with Gasteiger partial charge in [0, 0.05) is 12.1 Å². The Kier molecular flexibility index (Phi) is 6.26. The van der Waals surface area contributed by atoms with Crippen molar-refractivity contribution in [2.24, 2.45) is 0 Å². The molecule has 0 aliphatic carbocycles. The molecule has 1 N–H and O–H groups in total. The second kappa shape index (κ2) is 8.67. The molecule has 0 aliphatic rings. The number of ether oxygens (including phenoxy) is 1. The Hall–Kier alpha value is -2.51. The standard InChI is InChI=1S/C21H22O6S/c1-3-4-5-6-9-26-18-12-14(28(2)25)11-16-19(22)15-10-13(21(23)24)7-8-17(15)27-20(16)18/h7-8,10-12H,3-6,9H2,1-2H3,(H,23,24). The van der Waals surface area contributed by atoms with Crippen LogP contribution in [0.4, 0.5) is 0 Å². The van der Waals surface area contributed by atoms with Gasteiger partial charge in [0.15, 0.2) is 16.2 Å². The first-order valence-electron chi connectivity index (χ1n) is 9.16. The Morgan fingerprint density at radius 3 is 2.64 bits per heavy atom. The van der Waals surface area contributed by atoms with Crippen LogP contribution in [0.5, 0.6) is 5.75 Å². The van der Waals surface area contributed by atoms with Crippen LogP contribution in [0.15, 0.2) is 44.4 Å². The van der Waals surface area contributed by atoms with E-state index in [-0.39, 0.29) is 32.9 Å². The number of hydrogen-bond donors (Lipinski definition) is 1. The number of fused-ring (bicyclic) bond motifs is 2. The second-order valence-electron chi connectivity index (χ2n) is 6.61. The molecule has 3 aromatic rings. The van der Waals surface area contributed by atoms with Gasteiger partial charge in [0.05, 0.1) is 22.9 Å². The zero-order valence-electron chi connectivity index (χ0n) is 15.8. The van der Waals surface area contributed by atoms with Crippen LogP contribution in [0, 0.1) is 0 Å². The van der Waals surface area contributed by atoms with Crippen LogP contribution < -0.4 is 10.2 Å². The summed E-state index contributed by atoms with van der Waals surface area (Å²) in [7, 11) is 0. The van der Waals surface area contributed by atoms with Crippen molar-refractivity contribution in [1.82, 2.24) is 0 Å². The molecule has 0 amide bonds. The highest BCUT2D eigenvalue weighted by Gasteiger charge is 2.18. The highest BCUT2D eigenvalue weighted by Crippen LogP contribution is 2.31. The van der Waals surface area contributed by atoms with Crippen LogP contribution in [0.3, 0.4) is 0 Å². The molecule has 3 rings (SSSR count). The van der Waals surface area contributed by atoms with E-state index in [1.54, 1.807) is 6.07 Å². The first kappa shape index (κ1) is 20.2. The third-order valence-electron chi connectivity index (χ3n) is 4.54. The molecule has 0 fully saturated rings. The van der Waals surface area contributed by atoms with Gasteiger partial charge < -0.3 is 18.8 Å². The number of carboxylic acids is 1. The molecule has 7 heteroatoms. The number of carboxylic acid groups (broad SMARTS) is 1. The van der Waals surface area contributed by atoms with E-state index < -0.39 is 17.1 Å². The lowest BCUT2D eigenvalue weighted by atomic mass is 10.1. The van der Waals surface area contributed by atoms with Crippen molar-refractivity contribution >= 4 is 39.1 Å². The summed E-state index contributed by atoms with van der Waals surface area (Å²) in [4.78, 5) is 24.7. The lowest BCUT2D eigenvalue weighted by Crippen LogP contribution is -2.08. The molecular formula is C21H22O6S. The van der Waals surface area contributed by atoms with Crippen molar-refractivity contribution in [3.05, 3.63) is 46.1 Å². The van der Waals surface area contributed by atoms with Crippen molar-refractivity contribution < 1.29 is 23.6 Å². The van der Waals surface area contributed by atoms with E-state index in [0.717, 1.165) is 25.7 Å². The predicted molar refractivity (Wildman–Crippen MR) is 109 cm³/mol. The molecule has 1 unspecified atom stereocenters. The molecule has 0 saturated heterocycles. The van der Waals surface area contributed by atoms with E-state index in [9.17, 15) is 19.2 Å². The number of rotatable bonds is 8. The quantitative estimate of drug-likeness (QED) is 0.342. The van der Waals surface area contributed by atoms with Gasteiger partial charge in [-0.3, -0.25) is 4.79 Å². The largest absolute Gasteiger partial charge is 0.612 e. The Morgan fingerprint density at radius 1 is 1.18 bits per heavy atom. The molecule has 0 spiro atoms. The normalized spacial score (nSPS) is 12.4. The zero-order valence-corrected chi connectivity index (χ0v) is 16.6. The van der Waals surface area contributed by atoms with Crippen LogP contribution in [0.1, 0.15) is 43.0 Å². The number of carbonyl (C=O) groups is 1. The summed E-state index contributed by atoms with van der Waals surface area (Å²) in [5.41, 5.74) is 0.193. The van der Waals surface area contributed by atoms with Gasteiger partial charge in [-0.25, -0.2) is 4.79 Å². The first-order chi connectivity index (χ1) is 13.4. The summed E-state index contributed by atoms with van der Waals surface area (Å²) < 4.78 is 23.8. The fourth-order valence-electron chi connectivity index (χ4n) is 3.02. The van der Waals surface area contributed by atoms with Crippen LogP contribution in [-0.4, -0.2) is 28.5 Å². The molecular weight excluding hydrogens is 380 g/mol. The van der Waals surface area contributed by atoms with Crippen LogP contribution >= 0.6 is 0 Å². The SMILES string of the molecule is CCCCCCOc1cc([S+](C)[O-])cc2c(=O)c3cc(C(=O)O)ccc3oc12. The van der Waals surface area contributed by atoms with Crippen molar-refractivity contribution in [3.63, 3.8) is 0 Å². The smallest absolute Gasteiger partial charge is 0.335 e. The lowest BCUT2D eigenvalue weighted by molar-refractivity contribution is 0.0697. The average molecular weight is 402 g/mol. The van der Waals surface area contributed by atoms with Gasteiger partial charge in [-0.15, -0.1) is 0 Å². The van der Waals surface area contributed by atoms with Gasteiger partial charge in [0.2, 0.25) is 5.43 Å². The minimum Gasteiger partial charge on any atom is -0.612 e. The Labute approximate surface area is 165 Å². The molecule has 0 aliphatic heterocycles. The van der Waals surface area contributed by atoms with E-state index in [2.05, 4.69) is 6.92 Å². The first-order valence-corrected chi connectivity index (χ1v) is 10.7. The van der Waals surface area contributed by atoms with Gasteiger partial charge >= 0.3 is 5.97 Å². The number of benzene rings is 2. The minimum atomic E-state index is -1.31. The highest BCUT2D eigenvalue weighted by atomic mass is 32.2. The highest BCUT2D eigenvalue weighted by molar-refractivity contribution is 7.90. The monoisotopic (exact) mass is 402 g/mol. The fourth-order valence-corrected chi connectivity index (χ4v) is 3.58. The van der Waals surface area contributed by atoms with Crippen molar-refractivity contribution in [2.45, 2.75) is 37.5 Å². The molecule has 1 atom stereocenters. The topological polar surface area (TPSA) is 99.8 Å². The van der Waals surface area contributed by atoms with Crippen LogP contribution in [0.2, 0.25) is 0 Å². The maximum Gasteiger partial charge on any atom is 0.335 e. The number of hydrogen-bond acceptors (Lipinski definition) is 5. The predicted octanol–water partition coefficient (Wildman–Crippen LogP) is 4.34. The molecule has 1 aromatic heterocycles. The molecule has 0 bridgehead atoms. The average Bonchev–Trinajstić information content (AvgIpc) is 2.67. The van der Waals surface area contributed by atoms with E-state index in [1.165, 1.54) is 30.5 Å². The summed E-state index contributed by atoms with van der Waals surface area (Å²) >= 11 is -1.31. The van der Waals surface area contributed by atoms with Crippen LogP contribution in [-0.2, 0) is 11.2 Å². The van der Waals surface area contributed by atoms with E-state index >= 15 is 0 Å². The number of aromatic carboxylic acids is 1. The Bertz CT molecular complexity index is 1070. The van der Waals surface area contributed by atoms with E-state index in [0.29, 0.717) is 17.3 Å². The van der Waals surface area contributed by atoms with Gasteiger partial charge in [0.1, 0.15) is 11.8 Å². The van der Waals surface area contributed by atoms with Crippen molar-refractivity contribution in [2.75, 3.05) is 12.9 Å². The Morgan fingerprint density at radius 2 is 1.96 bits per heavy atom. The van der Waals surface area contributed by atoms with Crippen molar-refractivity contribution in [1.29, 1.82) is 0 Å². The van der Waals surface area contributed by atoms with Gasteiger partial charge in [0.25, 0.3) is 0 Å². The van der Waals surface area contributed by atoms with Crippen LogP contribution in [0.25, 0.3) is 21.9 Å². The second-order valence-corrected chi connectivity index (χ2v) is 7.99. The summed E-state index contributed by atoms with van der Waals surface area (Å²) in [6.45, 7) is 2.60. The molecule has 6 nitrogen and oxygen atoms in total. The van der Waals surface area contributed by atoms with Gasteiger partial charge in [-0.05, 0) is 35.8 Å². The molecule has 0 radical (unpaired) electrons. The lowest BCUT2D eigenvalue weighted by Gasteiger charge is -2.12. The molecule has 148 valence electrons. The minimum absolute atomic E-state index is 0.00164. The molecule has 1 heterocycles. The third-order valence-corrected chi connectivity index (χ3v) is 5.44.